The standard InChI is InChI=1S/C20H24N4/c1-24(2)14-8-13-21-20-18-12-7-6-11-17(18)19(22-23-20)15-16-9-4-3-5-10-16/h3-7,9-12H,8,13-15H2,1-2H3,(H,21,23). The second kappa shape index (κ2) is 7.88. The molecule has 1 aromatic heterocycles. The predicted molar refractivity (Wildman–Crippen MR) is 100 cm³/mol. The zero-order valence-corrected chi connectivity index (χ0v) is 14.4. The first kappa shape index (κ1) is 16.4. The van der Waals surface area contributed by atoms with Crippen molar-refractivity contribution in [2.75, 3.05) is 32.5 Å². The summed E-state index contributed by atoms with van der Waals surface area (Å²) in [7, 11) is 4.18. The van der Waals surface area contributed by atoms with Gasteiger partial charge in [0.15, 0.2) is 5.82 Å². The molecule has 0 aliphatic rings. The smallest absolute Gasteiger partial charge is 0.156 e. The largest absolute Gasteiger partial charge is 0.368 e. The lowest BCUT2D eigenvalue weighted by molar-refractivity contribution is 0.405. The maximum Gasteiger partial charge on any atom is 0.156 e. The Morgan fingerprint density at radius 1 is 0.875 bits per heavy atom. The summed E-state index contributed by atoms with van der Waals surface area (Å²) in [5, 5.41) is 14.7. The first-order valence-electron chi connectivity index (χ1n) is 8.41. The third kappa shape index (κ3) is 4.09. The van der Waals surface area contributed by atoms with E-state index in [0.717, 1.165) is 42.8 Å². The fourth-order valence-electron chi connectivity index (χ4n) is 2.81. The van der Waals surface area contributed by atoms with Gasteiger partial charge < -0.3 is 10.2 Å². The maximum absolute atomic E-state index is 4.49. The van der Waals surface area contributed by atoms with Crippen LogP contribution in [0.4, 0.5) is 5.82 Å². The third-order valence-corrected chi connectivity index (χ3v) is 4.05. The lowest BCUT2D eigenvalue weighted by Crippen LogP contribution is -2.17. The van der Waals surface area contributed by atoms with Crippen LogP contribution >= 0.6 is 0 Å². The highest BCUT2D eigenvalue weighted by atomic mass is 15.2. The van der Waals surface area contributed by atoms with Gasteiger partial charge in [-0.2, -0.15) is 5.10 Å². The average molecular weight is 320 g/mol. The Bertz CT molecular complexity index is 784. The predicted octanol–water partition coefficient (Wildman–Crippen LogP) is 3.58. The molecule has 24 heavy (non-hydrogen) atoms. The summed E-state index contributed by atoms with van der Waals surface area (Å²) in [6.45, 7) is 1.96. The topological polar surface area (TPSA) is 41.0 Å². The van der Waals surface area contributed by atoms with Crippen molar-refractivity contribution in [3.05, 3.63) is 65.9 Å². The number of nitrogens with one attached hydrogen (secondary N) is 1. The van der Waals surface area contributed by atoms with Gasteiger partial charge in [0.25, 0.3) is 0 Å². The van der Waals surface area contributed by atoms with E-state index in [9.17, 15) is 0 Å². The van der Waals surface area contributed by atoms with Gasteiger partial charge in [0.2, 0.25) is 0 Å². The number of benzene rings is 2. The van der Waals surface area contributed by atoms with E-state index in [1.54, 1.807) is 0 Å². The highest BCUT2D eigenvalue weighted by Crippen LogP contribution is 2.24. The van der Waals surface area contributed by atoms with Gasteiger partial charge in [-0.15, -0.1) is 5.10 Å². The second-order valence-corrected chi connectivity index (χ2v) is 6.29. The Kier molecular flexibility index (Phi) is 5.39. The zero-order chi connectivity index (χ0) is 16.8. The first-order valence-corrected chi connectivity index (χ1v) is 8.41. The van der Waals surface area contributed by atoms with Crippen molar-refractivity contribution in [2.45, 2.75) is 12.8 Å². The van der Waals surface area contributed by atoms with Crippen molar-refractivity contribution in [2.24, 2.45) is 0 Å². The monoisotopic (exact) mass is 320 g/mol. The Morgan fingerprint density at radius 2 is 1.58 bits per heavy atom. The van der Waals surface area contributed by atoms with Crippen molar-refractivity contribution in [3.63, 3.8) is 0 Å². The number of rotatable bonds is 7. The van der Waals surface area contributed by atoms with Gasteiger partial charge in [-0.05, 0) is 32.6 Å². The molecule has 124 valence electrons. The molecule has 1 N–H and O–H groups in total. The fourth-order valence-corrected chi connectivity index (χ4v) is 2.81. The summed E-state index contributed by atoms with van der Waals surface area (Å²) < 4.78 is 0. The Balaban J connectivity index is 1.82. The highest BCUT2D eigenvalue weighted by Gasteiger charge is 2.09. The van der Waals surface area contributed by atoms with E-state index < -0.39 is 0 Å². The SMILES string of the molecule is CN(C)CCCNc1nnc(Cc2ccccc2)c2ccccc12. The molecule has 0 fully saturated rings. The summed E-state index contributed by atoms with van der Waals surface area (Å²) >= 11 is 0. The average Bonchev–Trinajstić information content (AvgIpc) is 2.61. The fraction of sp³-hybridized carbons (Fsp3) is 0.300. The van der Waals surface area contributed by atoms with Crippen LogP contribution in [0.2, 0.25) is 0 Å². The van der Waals surface area contributed by atoms with Crippen LogP contribution in [0, 0.1) is 0 Å². The van der Waals surface area contributed by atoms with Crippen molar-refractivity contribution < 1.29 is 0 Å². The van der Waals surface area contributed by atoms with E-state index in [-0.39, 0.29) is 0 Å². The molecule has 0 unspecified atom stereocenters. The molecule has 0 amide bonds. The molecule has 4 nitrogen and oxygen atoms in total. The number of aromatic nitrogens is 2. The minimum absolute atomic E-state index is 0.801. The lowest BCUT2D eigenvalue weighted by atomic mass is 10.0. The van der Waals surface area contributed by atoms with E-state index in [0.29, 0.717) is 0 Å². The van der Waals surface area contributed by atoms with Crippen molar-refractivity contribution >= 4 is 16.6 Å². The molecule has 2 aromatic carbocycles. The van der Waals surface area contributed by atoms with Crippen molar-refractivity contribution in [1.82, 2.24) is 15.1 Å². The third-order valence-electron chi connectivity index (χ3n) is 4.05. The van der Waals surface area contributed by atoms with Crippen LogP contribution in [0.5, 0.6) is 0 Å². The van der Waals surface area contributed by atoms with Gasteiger partial charge in [0, 0.05) is 23.7 Å². The molecule has 0 spiro atoms. The summed E-state index contributed by atoms with van der Waals surface area (Å²) in [6, 6.07) is 18.8. The molecule has 0 aliphatic heterocycles. The summed E-state index contributed by atoms with van der Waals surface area (Å²) in [6.07, 6.45) is 1.88. The van der Waals surface area contributed by atoms with Crippen molar-refractivity contribution in [3.8, 4) is 0 Å². The van der Waals surface area contributed by atoms with Gasteiger partial charge in [-0.1, -0.05) is 54.6 Å². The first-order chi connectivity index (χ1) is 11.7. The van der Waals surface area contributed by atoms with E-state index in [4.69, 9.17) is 0 Å². The van der Waals surface area contributed by atoms with E-state index in [2.05, 4.69) is 83.0 Å². The molecule has 0 aliphatic carbocycles. The van der Waals surface area contributed by atoms with Gasteiger partial charge >= 0.3 is 0 Å². The normalized spacial score (nSPS) is 11.1. The van der Waals surface area contributed by atoms with Crippen LogP contribution in [0.15, 0.2) is 54.6 Å². The van der Waals surface area contributed by atoms with Gasteiger partial charge in [-0.3, -0.25) is 0 Å². The molecule has 3 aromatic rings. The van der Waals surface area contributed by atoms with E-state index >= 15 is 0 Å². The molecule has 0 atom stereocenters. The molecule has 0 bridgehead atoms. The zero-order valence-electron chi connectivity index (χ0n) is 14.4. The molecule has 0 saturated heterocycles. The van der Waals surface area contributed by atoms with Gasteiger partial charge in [-0.25, -0.2) is 0 Å². The minimum Gasteiger partial charge on any atom is -0.368 e. The Morgan fingerprint density at radius 3 is 2.33 bits per heavy atom. The Hall–Kier alpha value is -2.46. The van der Waals surface area contributed by atoms with E-state index in [1.807, 2.05) is 6.07 Å². The van der Waals surface area contributed by atoms with Crippen LogP contribution in [0.1, 0.15) is 17.7 Å². The molecule has 3 rings (SSSR count). The molecule has 0 saturated carbocycles. The molecule has 4 heteroatoms. The van der Waals surface area contributed by atoms with Crippen molar-refractivity contribution in [1.29, 1.82) is 0 Å². The number of nitrogens with zero attached hydrogens (tertiary/aromatic N) is 3. The molecule has 0 radical (unpaired) electrons. The number of fused-ring (bicyclic) bond motifs is 1. The molecule has 1 heterocycles. The second-order valence-electron chi connectivity index (χ2n) is 6.29. The quantitative estimate of drug-likeness (QED) is 0.676. The Labute approximate surface area is 143 Å². The molecular weight excluding hydrogens is 296 g/mol. The number of anilines is 1. The molecular formula is C20H24N4. The van der Waals surface area contributed by atoms with Gasteiger partial charge in [0.1, 0.15) is 0 Å². The summed E-state index contributed by atoms with van der Waals surface area (Å²) in [4.78, 5) is 2.19. The number of hydrogen-bond acceptors (Lipinski definition) is 4. The highest BCUT2D eigenvalue weighted by molar-refractivity contribution is 5.93. The van der Waals surface area contributed by atoms with Crippen LogP contribution in [-0.4, -0.2) is 42.3 Å². The maximum atomic E-state index is 4.49. The van der Waals surface area contributed by atoms with E-state index in [1.165, 1.54) is 10.9 Å². The van der Waals surface area contributed by atoms with Gasteiger partial charge in [0.05, 0.1) is 5.69 Å². The van der Waals surface area contributed by atoms with Crippen LogP contribution in [0.25, 0.3) is 10.8 Å². The lowest BCUT2D eigenvalue weighted by Gasteiger charge is -2.12. The summed E-state index contributed by atoms with van der Waals surface area (Å²) in [5.74, 6) is 0.876. The number of hydrogen-bond donors (Lipinski definition) is 1. The van der Waals surface area contributed by atoms with Crippen LogP contribution in [-0.2, 0) is 6.42 Å². The van der Waals surface area contributed by atoms with Crippen LogP contribution < -0.4 is 5.32 Å². The van der Waals surface area contributed by atoms with Crippen LogP contribution in [0.3, 0.4) is 0 Å². The minimum atomic E-state index is 0.801. The summed E-state index contributed by atoms with van der Waals surface area (Å²) in [5.41, 5.74) is 2.28.